The van der Waals surface area contributed by atoms with Crippen molar-refractivity contribution in [2.24, 2.45) is 11.7 Å². The maximum atomic E-state index is 13.5. The third-order valence-corrected chi connectivity index (χ3v) is 10.1. The molecule has 0 radical (unpaired) electrons. The normalized spacial score (nSPS) is 24.8. The third kappa shape index (κ3) is 6.50. The van der Waals surface area contributed by atoms with Crippen LogP contribution in [0.4, 0.5) is 0 Å². The summed E-state index contributed by atoms with van der Waals surface area (Å²) in [5, 5.41) is 10.4. The van der Waals surface area contributed by atoms with Gasteiger partial charge < -0.3 is 20.5 Å². The van der Waals surface area contributed by atoms with Crippen LogP contribution in [0.1, 0.15) is 56.1 Å². The standard InChI is InChI=1S/C27H42N4O6S/c1-2-3-11-29(12-4-10-28)25(32)19-30-18-22(20-6-7-24-21(17-20)9-15-37-24)26(27(33)34)23(30)8-14-31-13-5-16-38(31,35)36/h6-7,17,22-23,26H,2-5,8-16,18-19,28H2,1H3,(H,33,34)/t22-,23+,26?/m1/s1. The van der Waals surface area contributed by atoms with Crippen LogP contribution in [-0.4, -0.2) is 104 Å². The Bertz CT molecular complexity index is 1090. The Morgan fingerprint density at radius 3 is 2.71 bits per heavy atom. The summed E-state index contributed by atoms with van der Waals surface area (Å²) < 4.78 is 32.0. The molecular weight excluding hydrogens is 508 g/mol. The van der Waals surface area contributed by atoms with Crippen molar-refractivity contribution in [1.82, 2.24) is 14.1 Å². The average Bonchev–Trinajstić information content (AvgIpc) is 3.58. The highest BCUT2D eigenvalue weighted by molar-refractivity contribution is 7.89. The molecule has 11 heteroatoms. The van der Waals surface area contributed by atoms with Crippen molar-refractivity contribution in [3.8, 4) is 5.75 Å². The Morgan fingerprint density at radius 1 is 1.24 bits per heavy atom. The van der Waals surface area contributed by atoms with Gasteiger partial charge in [-0.05, 0) is 49.4 Å². The largest absolute Gasteiger partial charge is 0.493 e. The molecule has 1 aromatic rings. The molecule has 0 bridgehead atoms. The van der Waals surface area contributed by atoms with E-state index in [1.54, 1.807) is 0 Å². The Hall–Kier alpha value is -2.21. The predicted molar refractivity (Wildman–Crippen MR) is 145 cm³/mol. The molecule has 3 atom stereocenters. The number of amides is 1. The first-order valence-corrected chi connectivity index (χ1v) is 15.5. The number of nitrogens with two attached hydrogens (primary N) is 1. The van der Waals surface area contributed by atoms with Crippen LogP contribution in [0, 0.1) is 5.92 Å². The fourth-order valence-electron chi connectivity index (χ4n) is 6.11. The van der Waals surface area contributed by atoms with Crippen molar-refractivity contribution in [1.29, 1.82) is 0 Å². The number of nitrogens with zero attached hydrogens (tertiary/aromatic N) is 3. The van der Waals surface area contributed by atoms with Gasteiger partial charge in [0, 0.05) is 51.1 Å². The van der Waals surface area contributed by atoms with Crippen LogP contribution in [0.5, 0.6) is 5.75 Å². The molecule has 1 amide bonds. The van der Waals surface area contributed by atoms with Gasteiger partial charge in [-0.2, -0.15) is 0 Å². The van der Waals surface area contributed by atoms with E-state index in [9.17, 15) is 23.1 Å². The first kappa shape index (κ1) is 28.8. The van der Waals surface area contributed by atoms with Gasteiger partial charge in [0.1, 0.15) is 5.75 Å². The second kappa shape index (κ2) is 12.8. The number of aliphatic carboxylic acids is 1. The van der Waals surface area contributed by atoms with E-state index in [1.807, 2.05) is 28.0 Å². The molecule has 1 unspecified atom stereocenters. The van der Waals surface area contributed by atoms with E-state index in [4.69, 9.17) is 10.5 Å². The summed E-state index contributed by atoms with van der Waals surface area (Å²) in [6.45, 7) is 5.69. The van der Waals surface area contributed by atoms with Gasteiger partial charge in [-0.25, -0.2) is 12.7 Å². The molecule has 4 rings (SSSR count). The van der Waals surface area contributed by atoms with Crippen LogP contribution in [0.2, 0.25) is 0 Å². The number of carbonyl (C=O) groups is 2. The number of unbranched alkanes of at least 4 members (excludes halogenated alkanes) is 1. The van der Waals surface area contributed by atoms with Gasteiger partial charge in [0.25, 0.3) is 0 Å². The van der Waals surface area contributed by atoms with Crippen LogP contribution in [0.15, 0.2) is 18.2 Å². The lowest BCUT2D eigenvalue weighted by Gasteiger charge is -2.30. The lowest BCUT2D eigenvalue weighted by Crippen LogP contribution is -2.46. The summed E-state index contributed by atoms with van der Waals surface area (Å²) >= 11 is 0. The zero-order valence-corrected chi connectivity index (χ0v) is 23.2. The topological polar surface area (TPSA) is 133 Å². The summed E-state index contributed by atoms with van der Waals surface area (Å²) in [5.74, 6) is -1.02. The van der Waals surface area contributed by atoms with E-state index in [0.717, 1.165) is 36.1 Å². The Balaban J connectivity index is 1.59. The highest BCUT2D eigenvalue weighted by Crippen LogP contribution is 2.41. The molecule has 38 heavy (non-hydrogen) atoms. The van der Waals surface area contributed by atoms with Crippen molar-refractivity contribution in [3.63, 3.8) is 0 Å². The van der Waals surface area contributed by atoms with Crippen molar-refractivity contribution in [3.05, 3.63) is 29.3 Å². The zero-order chi connectivity index (χ0) is 27.3. The fraction of sp³-hybridized carbons (Fsp3) is 0.704. The van der Waals surface area contributed by atoms with Crippen LogP contribution in [-0.2, 0) is 26.0 Å². The van der Waals surface area contributed by atoms with Gasteiger partial charge in [0.15, 0.2) is 0 Å². The second-order valence-electron chi connectivity index (χ2n) is 10.7. The molecule has 3 aliphatic rings. The average molecular weight is 551 g/mol. The SMILES string of the molecule is CCCCN(CCCN)C(=O)CN1C[C@H](c2ccc3c(c2)CCO3)C(C(=O)O)[C@@H]1CCN1CCCS1(=O)=O. The van der Waals surface area contributed by atoms with Crippen LogP contribution < -0.4 is 10.5 Å². The van der Waals surface area contributed by atoms with E-state index >= 15 is 0 Å². The summed E-state index contributed by atoms with van der Waals surface area (Å²) in [7, 11) is -3.30. The molecule has 0 aromatic heterocycles. The van der Waals surface area contributed by atoms with Gasteiger partial charge in [0.2, 0.25) is 15.9 Å². The Labute approximate surface area is 226 Å². The number of ether oxygens (including phenoxy) is 1. The first-order valence-electron chi connectivity index (χ1n) is 13.9. The fourth-order valence-corrected chi connectivity index (χ4v) is 7.66. The minimum absolute atomic E-state index is 0.0298. The predicted octanol–water partition coefficient (Wildman–Crippen LogP) is 1.49. The highest BCUT2D eigenvalue weighted by atomic mass is 32.2. The molecule has 2 fully saturated rings. The number of sulfonamides is 1. The molecule has 212 valence electrons. The minimum Gasteiger partial charge on any atom is -0.493 e. The van der Waals surface area contributed by atoms with Crippen LogP contribution in [0.25, 0.3) is 0 Å². The van der Waals surface area contributed by atoms with Crippen molar-refractivity contribution in [2.75, 3.05) is 58.2 Å². The van der Waals surface area contributed by atoms with E-state index < -0.39 is 28.0 Å². The molecule has 1 aromatic carbocycles. The number of carboxylic acids is 1. The zero-order valence-electron chi connectivity index (χ0n) is 22.4. The Kier molecular flexibility index (Phi) is 9.67. The number of carbonyl (C=O) groups excluding carboxylic acids is 1. The molecule has 3 N–H and O–H groups in total. The number of hydrogen-bond acceptors (Lipinski definition) is 7. The summed E-state index contributed by atoms with van der Waals surface area (Å²) in [6, 6.07) is 5.44. The minimum atomic E-state index is -3.30. The van der Waals surface area contributed by atoms with Gasteiger partial charge in [0.05, 0.1) is 24.8 Å². The van der Waals surface area contributed by atoms with Crippen molar-refractivity contribution in [2.45, 2.75) is 57.4 Å². The molecule has 0 saturated carbocycles. The lowest BCUT2D eigenvalue weighted by atomic mass is 9.83. The maximum Gasteiger partial charge on any atom is 0.308 e. The second-order valence-corrected chi connectivity index (χ2v) is 12.8. The lowest BCUT2D eigenvalue weighted by molar-refractivity contribution is -0.143. The number of likely N-dealkylation sites (tertiary alicyclic amines) is 1. The number of benzene rings is 1. The van der Waals surface area contributed by atoms with Crippen molar-refractivity contribution >= 4 is 21.9 Å². The monoisotopic (exact) mass is 550 g/mol. The summed E-state index contributed by atoms with van der Waals surface area (Å²) in [4.78, 5) is 30.0. The van der Waals surface area contributed by atoms with E-state index in [0.29, 0.717) is 58.6 Å². The van der Waals surface area contributed by atoms with Gasteiger partial charge in [-0.15, -0.1) is 0 Å². The number of carboxylic acid groups (broad SMARTS) is 1. The Morgan fingerprint density at radius 2 is 2.03 bits per heavy atom. The third-order valence-electron chi connectivity index (χ3n) is 8.16. The van der Waals surface area contributed by atoms with Gasteiger partial charge >= 0.3 is 5.97 Å². The molecule has 2 saturated heterocycles. The molecule has 3 aliphatic heterocycles. The highest BCUT2D eigenvalue weighted by Gasteiger charge is 2.47. The molecule has 0 spiro atoms. The number of fused-ring (bicyclic) bond motifs is 1. The van der Waals surface area contributed by atoms with Crippen LogP contribution in [0.3, 0.4) is 0 Å². The molecule has 10 nitrogen and oxygen atoms in total. The van der Waals surface area contributed by atoms with E-state index in [1.165, 1.54) is 4.31 Å². The maximum absolute atomic E-state index is 13.5. The number of hydrogen-bond donors (Lipinski definition) is 2. The van der Waals surface area contributed by atoms with E-state index in [-0.39, 0.29) is 30.7 Å². The molecular formula is C27H42N4O6S. The number of rotatable bonds is 13. The van der Waals surface area contributed by atoms with Gasteiger partial charge in [-0.3, -0.25) is 14.5 Å². The van der Waals surface area contributed by atoms with E-state index in [2.05, 4.69) is 6.92 Å². The van der Waals surface area contributed by atoms with Crippen LogP contribution >= 0.6 is 0 Å². The van der Waals surface area contributed by atoms with Gasteiger partial charge in [-0.1, -0.05) is 25.5 Å². The van der Waals surface area contributed by atoms with Crippen molar-refractivity contribution < 1.29 is 27.9 Å². The quantitative estimate of drug-likeness (QED) is 0.377. The molecule has 3 heterocycles. The first-order chi connectivity index (χ1) is 18.2. The molecule has 0 aliphatic carbocycles. The summed E-state index contributed by atoms with van der Waals surface area (Å²) in [5.41, 5.74) is 7.72. The smallest absolute Gasteiger partial charge is 0.308 e. The summed E-state index contributed by atoms with van der Waals surface area (Å²) in [6.07, 6.45) is 4.32.